The molecule has 0 radical (unpaired) electrons. The molecule has 5 nitrogen and oxygen atoms in total. The van der Waals surface area contributed by atoms with E-state index in [-0.39, 0.29) is 0 Å². The van der Waals surface area contributed by atoms with Crippen LogP contribution < -0.4 is 0 Å². The fourth-order valence-corrected chi connectivity index (χ4v) is 1.75. The third-order valence-corrected chi connectivity index (χ3v) is 2.73. The minimum Gasteiger partial charge on any atom is -0.502 e. The van der Waals surface area contributed by atoms with Crippen LogP contribution in [-0.2, 0) is 11.3 Å². The molecule has 1 aromatic heterocycles. The number of carboxylic acid groups (broad SMARTS) is 1. The molecule has 0 atom stereocenters. The lowest BCUT2D eigenvalue weighted by Gasteiger charge is -2.02. The lowest BCUT2D eigenvalue weighted by Crippen LogP contribution is -2.03. The van der Waals surface area contributed by atoms with Crippen molar-refractivity contribution in [1.29, 1.82) is 0 Å². The largest absolute Gasteiger partial charge is 0.502 e. The zero-order valence-electron chi connectivity index (χ0n) is 10.6. The zero-order valence-corrected chi connectivity index (χ0v) is 10.6. The molecular weight excluding hydrogens is 258 g/mol. The first-order valence-corrected chi connectivity index (χ1v) is 5.94. The molecule has 0 bridgehead atoms. The van der Waals surface area contributed by atoms with Crippen LogP contribution in [-0.4, -0.2) is 26.5 Å². The summed E-state index contributed by atoms with van der Waals surface area (Å²) in [6.07, 6.45) is 4.04. The summed E-state index contributed by atoms with van der Waals surface area (Å²) in [6.45, 7) is 0.614. The number of rotatable bonds is 5. The summed E-state index contributed by atoms with van der Waals surface area (Å²) >= 11 is 0. The second-order valence-corrected chi connectivity index (χ2v) is 4.26. The molecule has 0 aliphatic rings. The lowest BCUT2D eigenvalue weighted by atomic mass is 10.2. The number of allylic oxidation sites excluding steroid dienone is 1. The van der Waals surface area contributed by atoms with Gasteiger partial charge in [0.15, 0.2) is 5.78 Å². The van der Waals surface area contributed by atoms with E-state index >= 15 is 0 Å². The average molecular weight is 271 g/mol. The Morgan fingerprint density at radius 3 is 2.45 bits per heavy atom. The summed E-state index contributed by atoms with van der Waals surface area (Å²) in [7, 11) is 0. The van der Waals surface area contributed by atoms with Crippen molar-refractivity contribution in [1.82, 2.24) is 4.57 Å². The minimum atomic E-state index is -1.53. The molecule has 102 valence electrons. The van der Waals surface area contributed by atoms with E-state index in [1.165, 1.54) is 0 Å². The van der Waals surface area contributed by atoms with Crippen molar-refractivity contribution in [2.24, 2.45) is 0 Å². The minimum absolute atomic E-state index is 0.328. The van der Waals surface area contributed by atoms with Gasteiger partial charge in [-0.05, 0) is 11.6 Å². The molecule has 0 saturated carbocycles. The first-order valence-electron chi connectivity index (χ1n) is 5.94. The number of carbonyl (C=O) groups is 2. The van der Waals surface area contributed by atoms with Crippen LogP contribution in [0.4, 0.5) is 0 Å². The summed E-state index contributed by atoms with van der Waals surface area (Å²) in [4.78, 5) is 22.1. The Morgan fingerprint density at radius 2 is 1.80 bits per heavy atom. The third-order valence-electron chi connectivity index (χ3n) is 2.73. The Labute approximate surface area is 115 Å². The first kappa shape index (κ1) is 13.6. The molecule has 0 spiro atoms. The lowest BCUT2D eigenvalue weighted by molar-refractivity contribution is -0.135. The van der Waals surface area contributed by atoms with E-state index in [0.29, 0.717) is 18.2 Å². The maximum Gasteiger partial charge on any atom is 0.371 e. The molecule has 2 N–H and O–H groups in total. The van der Waals surface area contributed by atoms with Gasteiger partial charge in [-0.2, -0.15) is 0 Å². The topological polar surface area (TPSA) is 79.5 Å². The van der Waals surface area contributed by atoms with Crippen LogP contribution in [0.25, 0.3) is 0 Å². The predicted molar refractivity (Wildman–Crippen MR) is 72.7 cm³/mol. The van der Waals surface area contributed by atoms with Gasteiger partial charge in [0.05, 0.1) is 0 Å². The molecule has 0 unspecified atom stereocenters. The van der Waals surface area contributed by atoms with Crippen molar-refractivity contribution in [3.8, 4) is 0 Å². The Balaban J connectivity index is 2.11. The van der Waals surface area contributed by atoms with Crippen molar-refractivity contribution in [2.45, 2.75) is 6.54 Å². The molecule has 0 aliphatic heterocycles. The van der Waals surface area contributed by atoms with Gasteiger partial charge in [-0.15, -0.1) is 0 Å². The van der Waals surface area contributed by atoms with Gasteiger partial charge in [0.1, 0.15) is 0 Å². The molecule has 20 heavy (non-hydrogen) atoms. The van der Waals surface area contributed by atoms with E-state index < -0.39 is 17.5 Å². The number of carbonyl (C=O) groups excluding carboxylic acids is 1. The molecule has 5 heteroatoms. The van der Waals surface area contributed by atoms with Gasteiger partial charge in [-0.3, -0.25) is 4.79 Å². The van der Waals surface area contributed by atoms with Crippen molar-refractivity contribution in [3.05, 3.63) is 71.8 Å². The van der Waals surface area contributed by atoms with E-state index in [0.717, 1.165) is 5.56 Å². The summed E-state index contributed by atoms with van der Waals surface area (Å²) in [5.41, 5.74) is 1.42. The highest BCUT2D eigenvalue weighted by Crippen LogP contribution is 2.08. The number of carboxylic acids is 1. The molecular formula is C15H13NO4. The SMILES string of the molecule is O=C(O)/C(O)=C/C(=O)c1ccn(Cc2ccccc2)c1. The van der Waals surface area contributed by atoms with E-state index in [1.54, 1.807) is 18.5 Å². The normalized spacial score (nSPS) is 11.3. The maximum absolute atomic E-state index is 11.7. The number of aliphatic carboxylic acids is 1. The highest BCUT2D eigenvalue weighted by molar-refractivity contribution is 6.07. The number of aliphatic hydroxyl groups excluding tert-OH is 1. The molecule has 2 rings (SSSR count). The number of hydrogen-bond donors (Lipinski definition) is 2. The standard InChI is InChI=1S/C15H13NO4/c17-13(8-14(18)15(19)20)12-6-7-16(10-12)9-11-4-2-1-3-5-11/h1-8,10,18H,9H2,(H,19,20)/b14-8-. The Kier molecular flexibility index (Phi) is 4.00. The fraction of sp³-hybridized carbons (Fsp3) is 0.0667. The van der Waals surface area contributed by atoms with Crippen LogP contribution in [0.2, 0.25) is 0 Å². The van der Waals surface area contributed by atoms with Crippen LogP contribution in [0.5, 0.6) is 0 Å². The van der Waals surface area contributed by atoms with Crippen molar-refractivity contribution < 1.29 is 19.8 Å². The molecule has 1 heterocycles. The number of benzene rings is 1. The van der Waals surface area contributed by atoms with Gasteiger partial charge in [-0.25, -0.2) is 4.79 Å². The van der Waals surface area contributed by atoms with Gasteiger partial charge in [0.25, 0.3) is 0 Å². The Morgan fingerprint density at radius 1 is 1.10 bits per heavy atom. The smallest absolute Gasteiger partial charge is 0.371 e. The average Bonchev–Trinajstić information content (AvgIpc) is 2.88. The third kappa shape index (κ3) is 3.35. The highest BCUT2D eigenvalue weighted by Gasteiger charge is 2.10. The maximum atomic E-state index is 11.7. The molecule has 0 aliphatic carbocycles. The van der Waals surface area contributed by atoms with Crippen LogP contribution in [0.1, 0.15) is 15.9 Å². The van der Waals surface area contributed by atoms with Gasteiger partial charge >= 0.3 is 5.97 Å². The molecule has 0 fully saturated rings. The van der Waals surface area contributed by atoms with Gasteiger partial charge in [0, 0.05) is 30.6 Å². The first-order chi connectivity index (χ1) is 9.56. The number of aliphatic hydroxyl groups is 1. The number of hydrogen-bond acceptors (Lipinski definition) is 3. The second-order valence-electron chi connectivity index (χ2n) is 4.26. The molecule has 0 saturated heterocycles. The summed E-state index contributed by atoms with van der Waals surface area (Å²) in [5, 5.41) is 17.5. The predicted octanol–water partition coefficient (Wildman–Crippen LogP) is 2.25. The molecule has 1 aromatic carbocycles. The summed E-state index contributed by atoms with van der Waals surface area (Å²) in [6, 6.07) is 11.3. The zero-order chi connectivity index (χ0) is 14.5. The fourth-order valence-electron chi connectivity index (χ4n) is 1.75. The van der Waals surface area contributed by atoms with Crippen LogP contribution in [0.15, 0.2) is 60.6 Å². The van der Waals surface area contributed by atoms with E-state index in [1.807, 2.05) is 34.9 Å². The highest BCUT2D eigenvalue weighted by atomic mass is 16.4. The Hall–Kier alpha value is -2.82. The van der Waals surface area contributed by atoms with E-state index in [4.69, 9.17) is 10.2 Å². The van der Waals surface area contributed by atoms with Crippen LogP contribution in [0, 0.1) is 0 Å². The molecule has 2 aromatic rings. The van der Waals surface area contributed by atoms with E-state index in [2.05, 4.69) is 0 Å². The quantitative estimate of drug-likeness (QED) is 0.496. The number of aromatic nitrogens is 1. The monoisotopic (exact) mass is 271 g/mol. The Bertz CT molecular complexity index is 656. The van der Waals surface area contributed by atoms with Crippen molar-refractivity contribution >= 4 is 11.8 Å². The van der Waals surface area contributed by atoms with Crippen LogP contribution >= 0.6 is 0 Å². The van der Waals surface area contributed by atoms with E-state index in [9.17, 15) is 9.59 Å². The van der Waals surface area contributed by atoms with Crippen molar-refractivity contribution in [2.75, 3.05) is 0 Å². The molecule has 0 amide bonds. The van der Waals surface area contributed by atoms with Gasteiger partial charge < -0.3 is 14.8 Å². The van der Waals surface area contributed by atoms with Gasteiger partial charge in [0.2, 0.25) is 5.76 Å². The summed E-state index contributed by atoms with van der Waals surface area (Å²) in [5.74, 6) is -3.04. The second kappa shape index (κ2) is 5.88. The van der Waals surface area contributed by atoms with Crippen molar-refractivity contribution in [3.63, 3.8) is 0 Å². The number of ketones is 1. The van der Waals surface area contributed by atoms with Crippen LogP contribution in [0.3, 0.4) is 0 Å². The number of nitrogens with zero attached hydrogens (tertiary/aromatic N) is 1. The summed E-state index contributed by atoms with van der Waals surface area (Å²) < 4.78 is 1.81. The van der Waals surface area contributed by atoms with Gasteiger partial charge in [-0.1, -0.05) is 30.3 Å².